The molecule has 0 radical (unpaired) electrons. The summed E-state index contributed by atoms with van der Waals surface area (Å²) >= 11 is 0. The Bertz CT molecular complexity index is 600. The van der Waals surface area contributed by atoms with Gasteiger partial charge in [0, 0.05) is 12.0 Å². The molecule has 2 aromatic rings. The van der Waals surface area contributed by atoms with E-state index < -0.39 is 0 Å². The standard InChI is InChI=1S/C17H18O2/c1-12-7-8-15(9-13(12)2)17(18)11-14-5-4-6-16(10-14)19-3/h4-10H,11H2,1-3H3. The Kier molecular flexibility index (Phi) is 4.00. The van der Waals surface area contributed by atoms with E-state index in [2.05, 4.69) is 0 Å². The van der Waals surface area contributed by atoms with Gasteiger partial charge in [0.25, 0.3) is 0 Å². The van der Waals surface area contributed by atoms with E-state index in [1.165, 1.54) is 5.56 Å². The number of hydrogen-bond acceptors (Lipinski definition) is 2. The van der Waals surface area contributed by atoms with E-state index in [-0.39, 0.29) is 5.78 Å². The van der Waals surface area contributed by atoms with Crippen LogP contribution >= 0.6 is 0 Å². The van der Waals surface area contributed by atoms with Gasteiger partial charge in [0.2, 0.25) is 0 Å². The van der Waals surface area contributed by atoms with Crippen LogP contribution in [0.2, 0.25) is 0 Å². The molecule has 0 spiro atoms. The first kappa shape index (κ1) is 13.3. The van der Waals surface area contributed by atoms with E-state index in [9.17, 15) is 4.79 Å². The highest BCUT2D eigenvalue weighted by Crippen LogP contribution is 2.16. The number of carbonyl (C=O) groups excluding carboxylic acids is 1. The highest BCUT2D eigenvalue weighted by Gasteiger charge is 2.08. The Morgan fingerprint density at radius 1 is 1.05 bits per heavy atom. The second-order valence-corrected chi connectivity index (χ2v) is 4.75. The molecule has 2 heteroatoms. The van der Waals surface area contributed by atoms with Crippen molar-refractivity contribution in [2.75, 3.05) is 7.11 Å². The number of ether oxygens (including phenoxy) is 1. The van der Waals surface area contributed by atoms with Crippen LogP contribution in [0.3, 0.4) is 0 Å². The summed E-state index contributed by atoms with van der Waals surface area (Å²) in [7, 11) is 1.63. The van der Waals surface area contributed by atoms with Crippen LogP contribution in [0.5, 0.6) is 5.75 Å². The first-order valence-electron chi connectivity index (χ1n) is 6.33. The SMILES string of the molecule is COc1cccc(CC(=O)c2ccc(C)c(C)c2)c1. The van der Waals surface area contributed by atoms with Crippen molar-refractivity contribution in [2.45, 2.75) is 20.3 Å². The molecule has 0 fully saturated rings. The molecule has 0 aliphatic carbocycles. The summed E-state index contributed by atoms with van der Waals surface area (Å²) in [5.41, 5.74) is 4.10. The van der Waals surface area contributed by atoms with E-state index in [1.807, 2.05) is 56.3 Å². The van der Waals surface area contributed by atoms with Crippen molar-refractivity contribution in [3.05, 3.63) is 64.7 Å². The smallest absolute Gasteiger partial charge is 0.167 e. The molecule has 2 rings (SSSR count). The molecule has 0 heterocycles. The first-order chi connectivity index (χ1) is 9.10. The summed E-state index contributed by atoms with van der Waals surface area (Å²) < 4.78 is 5.17. The number of Topliss-reactive ketones (excluding diaryl/α,β-unsaturated/α-hetero) is 1. The lowest BCUT2D eigenvalue weighted by molar-refractivity contribution is 0.0993. The number of ketones is 1. The molecular weight excluding hydrogens is 236 g/mol. The average molecular weight is 254 g/mol. The lowest BCUT2D eigenvalue weighted by atomic mass is 9.99. The zero-order chi connectivity index (χ0) is 13.8. The second kappa shape index (κ2) is 5.70. The Morgan fingerprint density at radius 2 is 1.84 bits per heavy atom. The maximum absolute atomic E-state index is 12.2. The Labute approximate surface area is 114 Å². The topological polar surface area (TPSA) is 26.3 Å². The number of methoxy groups -OCH3 is 1. The van der Waals surface area contributed by atoms with E-state index >= 15 is 0 Å². The molecule has 0 saturated carbocycles. The van der Waals surface area contributed by atoms with Gasteiger partial charge in [-0.15, -0.1) is 0 Å². The van der Waals surface area contributed by atoms with Crippen molar-refractivity contribution in [2.24, 2.45) is 0 Å². The molecule has 2 nitrogen and oxygen atoms in total. The monoisotopic (exact) mass is 254 g/mol. The van der Waals surface area contributed by atoms with Crippen LogP contribution in [0, 0.1) is 13.8 Å². The van der Waals surface area contributed by atoms with Gasteiger partial charge in [-0.3, -0.25) is 4.79 Å². The predicted octanol–water partition coefficient (Wildman–Crippen LogP) is 3.74. The van der Waals surface area contributed by atoms with Crippen LogP contribution in [-0.2, 0) is 6.42 Å². The number of hydrogen-bond donors (Lipinski definition) is 0. The molecular formula is C17H18O2. The maximum Gasteiger partial charge on any atom is 0.167 e. The lowest BCUT2D eigenvalue weighted by Crippen LogP contribution is -2.04. The summed E-state index contributed by atoms with van der Waals surface area (Å²) in [6.07, 6.45) is 0.402. The van der Waals surface area contributed by atoms with Crippen LogP contribution in [0.25, 0.3) is 0 Å². The van der Waals surface area contributed by atoms with Gasteiger partial charge in [-0.1, -0.05) is 24.3 Å². The van der Waals surface area contributed by atoms with Crippen LogP contribution in [0.1, 0.15) is 27.0 Å². The molecule has 0 unspecified atom stereocenters. The average Bonchev–Trinajstić information content (AvgIpc) is 2.42. The summed E-state index contributed by atoms with van der Waals surface area (Å²) in [5, 5.41) is 0. The second-order valence-electron chi connectivity index (χ2n) is 4.75. The highest BCUT2D eigenvalue weighted by molar-refractivity contribution is 5.97. The van der Waals surface area contributed by atoms with Crippen LogP contribution in [0.15, 0.2) is 42.5 Å². The Balaban J connectivity index is 2.18. The third kappa shape index (κ3) is 3.22. The normalized spacial score (nSPS) is 10.3. The molecule has 0 aliphatic heterocycles. The molecule has 0 atom stereocenters. The van der Waals surface area contributed by atoms with Crippen LogP contribution < -0.4 is 4.74 Å². The fraction of sp³-hybridized carbons (Fsp3) is 0.235. The van der Waals surface area contributed by atoms with Crippen molar-refractivity contribution in [3.63, 3.8) is 0 Å². The maximum atomic E-state index is 12.2. The zero-order valence-electron chi connectivity index (χ0n) is 11.6. The lowest BCUT2D eigenvalue weighted by Gasteiger charge is -2.06. The van der Waals surface area contributed by atoms with Crippen LogP contribution in [-0.4, -0.2) is 12.9 Å². The first-order valence-corrected chi connectivity index (χ1v) is 6.33. The van der Waals surface area contributed by atoms with E-state index in [0.717, 1.165) is 22.4 Å². The number of aryl methyl sites for hydroxylation is 2. The molecule has 0 saturated heterocycles. The van der Waals surface area contributed by atoms with Crippen molar-refractivity contribution in [1.82, 2.24) is 0 Å². The van der Waals surface area contributed by atoms with Gasteiger partial charge in [-0.05, 0) is 48.7 Å². The molecule has 0 aliphatic rings. The Morgan fingerprint density at radius 3 is 2.53 bits per heavy atom. The van der Waals surface area contributed by atoms with Crippen LogP contribution in [0.4, 0.5) is 0 Å². The quantitative estimate of drug-likeness (QED) is 0.777. The van der Waals surface area contributed by atoms with Crippen molar-refractivity contribution < 1.29 is 9.53 Å². The minimum atomic E-state index is 0.136. The predicted molar refractivity (Wildman–Crippen MR) is 76.9 cm³/mol. The van der Waals surface area contributed by atoms with Gasteiger partial charge in [0.05, 0.1) is 7.11 Å². The highest BCUT2D eigenvalue weighted by atomic mass is 16.5. The van der Waals surface area contributed by atoms with E-state index in [0.29, 0.717) is 6.42 Å². The third-order valence-corrected chi connectivity index (χ3v) is 3.33. The molecule has 19 heavy (non-hydrogen) atoms. The fourth-order valence-corrected chi connectivity index (χ4v) is 1.98. The summed E-state index contributed by atoms with van der Waals surface area (Å²) in [6.45, 7) is 4.07. The molecule has 0 amide bonds. The van der Waals surface area contributed by atoms with Gasteiger partial charge < -0.3 is 4.74 Å². The largest absolute Gasteiger partial charge is 0.497 e. The number of rotatable bonds is 4. The summed E-state index contributed by atoms with van der Waals surface area (Å²) in [6, 6.07) is 13.5. The molecule has 0 aromatic heterocycles. The van der Waals surface area contributed by atoms with Gasteiger partial charge in [-0.25, -0.2) is 0 Å². The van der Waals surface area contributed by atoms with Crippen molar-refractivity contribution >= 4 is 5.78 Å². The Hall–Kier alpha value is -2.09. The van der Waals surface area contributed by atoms with Crippen molar-refractivity contribution in [3.8, 4) is 5.75 Å². The third-order valence-electron chi connectivity index (χ3n) is 3.33. The molecule has 0 bridgehead atoms. The number of benzene rings is 2. The molecule has 98 valence electrons. The minimum absolute atomic E-state index is 0.136. The molecule has 2 aromatic carbocycles. The number of carbonyl (C=O) groups is 1. The zero-order valence-corrected chi connectivity index (χ0v) is 11.6. The van der Waals surface area contributed by atoms with Gasteiger partial charge in [-0.2, -0.15) is 0 Å². The van der Waals surface area contributed by atoms with E-state index in [4.69, 9.17) is 4.74 Å². The van der Waals surface area contributed by atoms with Crippen molar-refractivity contribution in [1.29, 1.82) is 0 Å². The van der Waals surface area contributed by atoms with Gasteiger partial charge in [0.1, 0.15) is 5.75 Å². The summed E-state index contributed by atoms with van der Waals surface area (Å²) in [5.74, 6) is 0.918. The van der Waals surface area contributed by atoms with Gasteiger partial charge >= 0.3 is 0 Å². The van der Waals surface area contributed by atoms with E-state index in [1.54, 1.807) is 7.11 Å². The summed E-state index contributed by atoms with van der Waals surface area (Å²) in [4.78, 5) is 12.2. The van der Waals surface area contributed by atoms with Gasteiger partial charge in [0.15, 0.2) is 5.78 Å². The molecule has 0 N–H and O–H groups in total. The minimum Gasteiger partial charge on any atom is -0.497 e. The fourth-order valence-electron chi connectivity index (χ4n) is 1.98.